The maximum absolute atomic E-state index is 14.1. The third-order valence-corrected chi connectivity index (χ3v) is 6.49. The summed E-state index contributed by atoms with van der Waals surface area (Å²) in [6.45, 7) is -0.0541. The predicted molar refractivity (Wildman–Crippen MR) is 110 cm³/mol. The molecule has 8 nitrogen and oxygen atoms in total. The lowest BCUT2D eigenvalue weighted by atomic mass is 10.1. The molecule has 2 bridgehead atoms. The van der Waals surface area contributed by atoms with Gasteiger partial charge in [-0.25, -0.2) is 22.7 Å². The maximum Gasteiger partial charge on any atom is 0.261 e. The zero-order valence-electron chi connectivity index (χ0n) is 17.4. The van der Waals surface area contributed by atoms with Crippen molar-refractivity contribution in [3.63, 3.8) is 0 Å². The summed E-state index contributed by atoms with van der Waals surface area (Å²) in [5, 5.41) is 7.25. The zero-order valence-corrected chi connectivity index (χ0v) is 17.4. The van der Waals surface area contributed by atoms with Gasteiger partial charge < -0.3 is 19.7 Å². The molecule has 1 amide bonds. The maximum atomic E-state index is 14.1. The SMILES string of the molecule is O=C1NC2(CCOc3ccc(F)cc3CN3c4nc5c1cnn5cc4OC[C@H]3C(F)F)CC2. The topological polar surface area (TPSA) is 81.0 Å². The molecular weight excluding hydrogens is 439 g/mol. The standard InChI is InChI=1S/C22H20F3N5O3/c23-13-1-2-16-12(7-13)9-29-15(18(24)25)11-33-17-10-30-19(27-20(17)29)14(8-26-30)21(31)28-22(3-4-22)5-6-32-16/h1-2,7-8,10,15,18H,3-6,9,11H2,(H,28,31)/t15-/m0/s1. The Morgan fingerprint density at radius 2 is 2.03 bits per heavy atom. The molecule has 0 unspecified atom stereocenters. The van der Waals surface area contributed by atoms with Crippen molar-refractivity contribution in [3.8, 4) is 11.5 Å². The first kappa shape index (κ1) is 20.1. The number of benzene rings is 1. The Morgan fingerprint density at radius 1 is 1.18 bits per heavy atom. The number of nitrogens with one attached hydrogen (secondary N) is 1. The van der Waals surface area contributed by atoms with E-state index in [-0.39, 0.29) is 47.4 Å². The highest BCUT2D eigenvalue weighted by atomic mass is 19.3. The van der Waals surface area contributed by atoms with Gasteiger partial charge in [0.15, 0.2) is 17.2 Å². The lowest BCUT2D eigenvalue weighted by molar-refractivity contribution is 0.0765. The molecule has 1 atom stereocenters. The largest absolute Gasteiger partial charge is 0.493 e. The highest BCUT2D eigenvalue weighted by Gasteiger charge is 2.44. The van der Waals surface area contributed by atoms with Crippen LogP contribution in [0.15, 0.2) is 30.6 Å². The van der Waals surface area contributed by atoms with Crippen LogP contribution in [0.1, 0.15) is 35.2 Å². The van der Waals surface area contributed by atoms with Crippen molar-refractivity contribution in [1.29, 1.82) is 0 Å². The van der Waals surface area contributed by atoms with Crippen molar-refractivity contribution in [1.82, 2.24) is 19.9 Å². The average molecular weight is 459 g/mol. The number of nitrogens with zero attached hydrogens (tertiary/aromatic N) is 4. The number of hydrogen-bond donors (Lipinski definition) is 1. The van der Waals surface area contributed by atoms with Crippen molar-refractivity contribution in [3.05, 3.63) is 47.5 Å². The van der Waals surface area contributed by atoms with Crippen LogP contribution in [0.25, 0.3) is 5.65 Å². The number of carbonyl (C=O) groups excluding carboxylic acids is 1. The van der Waals surface area contributed by atoms with Crippen molar-refractivity contribution >= 4 is 17.4 Å². The summed E-state index contributed by atoms with van der Waals surface area (Å²) in [5.41, 5.74) is 0.528. The van der Waals surface area contributed by atoms with Crippen molar-refractivity contribution in [2.75, 3.05) is 18.1 Å². The van der Waals surface area contributed by atoms with Gasteiger partial charge in [0.25, 0.3) is 12.3 Å². The first-order chi connectivity index (χ1) is 15.9. The summed E-state index contributed by atoms with van der Waals surface area (Å²) in [6, 6.07) is 2.75. The zero-order chi connectivity index (χ0) is 22.7. The molecule has 1 saturated carbocycles. The third kappa shape index (κ3) is 3.42. The summed E-state index contributed by atoms with van der Waals surface area (Å²) >= 11 is 0. The highest BCUT2D eigenvalue weighted by molar-refractivity contribution is 6.00. The van der Waals surface area contributed by atoms with Crippen LogP contribution in [-0.2, 0) is 6.54 Å². The third-order valence-electron chi connectivity index (χ3n) is 6.49. The highest BCUT2D eigenvalue weighted by Crippen LogP contribution is 2.41. The number of anilines is 1. The lowest BCUT2D eigenvalue weighted by Gasteiger charge is -2.37. The second-order valence-corrected chi connectivity index (χ2v) is 8.68. The number of halogens is 3. The lowest BCUT2D eigenvalue weighted by Crippen LogP contribution is -2.48. The van der Waals surface area contributed by atoms with Crippen LogP contribution < -0.4 is 19.7 Å². The normalized spacial score (nSPS) is 21.4. The number of aromatic nitrogens is 3. The molecule has 1 aromatic carbocycles. The Hall–Kier alpha value is -3.50. The Balaban J connectivity index is 1.53. The smallest absolute Gasteiger partial charge is 0.261 e. The molecule has 1 N–H and O–H groups in total. The van der Waals surface area contributed by atoms with E-state index in [9.17, 15) is 18.0 Å². The predicted octanol–water partition coefficient (Wildman–Crippen LogP) is 2.95. The van der Waals surface area contributed by atoms with Crippen LogP contribution in [0.4, 0.5) is 19.0 Å². The Morgan fingerprint density at radius 3 is 2.82 bits per heavy atom. The summed E-state index contributed by atoms with van der Waals surface area (Å²) in [4.78, 5) is 18.9. The van der Waals surface area contributed by atoms with Gasteiger partial charge in [-0.3, -0.25) is 4.79 Å². The summed E-state index contributed by atoms with van der Waals surface area (Å²) < 4.78 is 55.0. The van der Waals surface area contributed by atoms with Crippen molar-refractivity contribution < 1.29 is 27.4 Å². The minimum absolute atomic E-state index is 0.0670. The van der Waals surface area contributed by atoms with E-state index in [4.69, 9.17) is 9.47 Å². The molecule has 6 rings (SSSR count). The molecular formula is C22H20F3N5O3. The number of rotatable bonds is 1. The average Bonchev–Trinajstić information content (AvgIpc) is 3.40. The molecule has 2 aliphatic heterocycles. The van der Waals surface area contributed by atoms with Crippen LogP contribution in [0.3, 0.4) is 0 Å². The van der Waals surface area contributed by atoms with Gasteiger partial charge >= 0.3 is 0 Å². The monoisotopic (exact) mass is 459 g/mol. The number of carbonyl (C=O) groups is 1. The van der Waals surface area contributed by atoms with E-state index >= 15 is 0 Å². The molecule has 11 heteroatoms. The van der Waals surface area contributed by atoms with E-state index in [0.717, 1.165) is 12.8 Å². The molecule has 0 radical (unpaired) electrons. The molecule has 33 heavy (non-hydrogen) atoms. The fourth-order valence-corrected chi connectivity index (χ4v) is 4.43. The molecule has 2 aromatic heterocycles. The first-order valence-corrected chi connectivity index (χ1v) is 10.7. The number of alkyl halides is 2. The van der Waals surface area contributed by atoms with Gasteiger partial charge in [-0.05, 0) is 31.0 Å². The van der Waals surface area contributed by atoms with E-state index in [1.165, 1.54) is 40.0 Å². The molecule has 1 fully saturated rings. The van der Waals surface area contributed by atoms with Crippen LogP contribution in [0, 0.1) is 5.82 Å². The molecule has 1 aliphatic carbocycles. The van der Waals surface area contributed by atoms with Gasteiger partial charge in [0, 0.05) is 24.1 Å². The Kier molecular flexibility index (Phi) is 4.43. The van der Waals surface area contributed by atoms with E-state index in [1.54, 1.807) is 0 Å². The molecule has 1 spiro atoms. The number of fused-ring (bicyclic) bond motifs is 1. The van der Waals surface area contributed by atoms with Crippen LogP contribution in [0.5, 0.6) is 11.5 Å². The van der Waals surface area contributed by atoms with E-state index < -0.39 is 18.3 Å². The minimum atomic E-state index is -2.74. The quantitative estimate of drug-likeness (QED) is 0.603. The molecule has 0 saturated heterocycles. The second-order valence-electron chi connectivity index (χ2n) is 8.68. The Bertz CT molecular complexity index is 1260. The molecule has 3 aromatic rings. The Labute approximate surface area is 186 Å². The van der Waals surface area contributed by atoms with Gasteiger partial charge in [0.2, 0.25) is 0 Å². The van der Waals surface area contributed by atoms with Crippen molar-refractivity contribution in [2.24, 2.45) is 0 Å². The summed E-state index contributed by atoms with van der Waals surface area (Å²) in [5.74, 6) is -0.0278. The second kappa shape index (κ2) is 7.26. The van der Waals surface area contributed by atoms with Crippen LogP contribution in [-0.4, -0.2) is 51.7 Å². The van der Waals surface area contributed by atoms with Crippen molar-refractivity contribution in [2.45, 2.75) is 43.8 Å². The van der Waals surface area contributed by atoms with Gasteiger partial charge in [-0.2, -0.15) is 5.10 Å². The minimum Gasteiger partial charge on any atom is -0.493 e. The molecule has 3 aliphatic rings. The summed E-state index contributed by atoms with van der Waals surface area (Å²) in [6.07, 6.45) is 2.38. The number of hydrogen-bond acceptors (Lipinski definition) is 6. The van der Waals surface area contributed by atoms with E-state index in [0.29, 0.717) is 24.3 Å². The van der Waals surface area contributed by atoms with Gasteiger partial charge in [0.1, 0.15) is 29.8 Å². The fourth-order valence-electron chi connectivity index (χ4n) is 4.43. The first-order valence-electron chi connectivity index (χ1n) is 10.7. The van der Waals surface area contributed by atoms with Gasteiger partial charge in [0.05, 0.1) is 19.0 Å². The van der Waals surface area contributed by atoms with Gasteiger partial charge in [-0.15, -0.1) is 0 Å². The molecule has 4 heterocycles. The van der Waals surface area contributed by atoms with Gasteiger partial charge in [-0.1, -0.05) is 0 Å². The van der Waals surface area contributed by atoms with E-state index in [1.807, 2.05) is 0 Å². The fraction of sp³-hybridized carbons (Fsp3) is 0.409. The van der Waals surface area contributed by atoms with E-state index in [2.05, 4.69) is 15.4 Å². The molecule has 172 valence electrons. The summed E-state index contributed by atoms with van der Waals surface area (Å²) in [7, 11) is 0. The number of amides is 1. The number of ether oxygens (including phenoxy) is 2. The van der Waals surface area contributed by atoms with Crippen LogP contribution in [0.2, 0.25) is 0 Å². The van der Waals surface area contributed by atoms with Crippen LogP contribution >= 0.6 is 0 Å².